The number of hydrogen-bond acceptors (Lipinski definition) is 3. The number of unbranched alkanes of at least 4 members (excludes halogenated alkanes) is 3. The van der Waals surface area contributed by atoms with Crippen molar-refractivity contribution in [2.45, 2.75) is 59.3 Å². The Hall–Kier alpha value is 0.314. The largest absolute Gasteiger partial charge is 0.484 e. The molecule has 0 aromatic carbocycles. The van der Waals surface area contributed by atoms with Crippen molar-refractivity contribution in [2.75, 3.05) is 19.8 Å². The summed E-state index contributed by atoms with van der Waals surface area (Å²) in [5.74, 6) is 0. The van der Waals surface area contributed by atoms with Crippen molar-refractivity contribution in [3.63, 3.8) is 0 Å². The summed E-state index contributed by atoms with van der Waals surface area (Å²) in [5.41, 5.74) is 0. The SMILES string of the molecule is CCCCO[SiH](OCCCC)OCCCC.[SiH4]. The first-order chi connectivity index (χ1) is 7.85. The molecule has 0 atom stereocenters. The molecular formula is C12H32O3Si2. The Morgan fingerprint density at radius 3 is 1.18 bits per heavy atom. The zero-order chi connectivity index (χ0) is 12.1. The molecule has 0 radical (unpaired) electrons. The van der Waals surface area contributed by atoms with Crippen molar-refractivity contribution in [1.82, 2.24) is 0 Å². The van der Waals surface area contributed by atoms with Gasteiger partial charge >= 0.3 is 9.53 Å². The highest BCUT2D eigenvalue weighted by molar-refractivity contribution is 6.36. The Kier molecular flexibility index (Phi) is 18.9. The lowest BCUT2D eigenvalue weighted by Gasteiger charge is -2.16. The third-order valence-electron chi connectivity index (χ3n) is 2.26. The Bertz CT molecular complexity index is 113. The molecule has 0 N–H and O–H groups in total. The van der Waals surface area contributed by atoms with Crippen molar-refractivity contribution < 1.29 is 13.3 Å². The minimum Gasteiger partial charge on any atom is -0.376 e. The van der Waals surface area contributed by atoms with Crippen molar-refractivity contribution >= 4 is 20.5 Å². The van der Waals surface area contributed by atoms with Crippen LogP contribution in [0.5, 0.6) is 0 Å². The van der Waals surface area contributed by atoms with E-state index in [0.717, 1.165) is 58.3 Å². The molecule has 0 amide bonds. The zero-order valence-electron chi connectivity index (χ0n) is 11.2. The maximum Gasteiger partial charge on any atom is 0.484 e. The minimum atomic E-state index is -1.83. The van der Waals surface area contributed by atoms with Crippen molar-refractivity contribution in [3.05, 3.63) is 0 Å². The highest BCUT2D eigenvalue weighted by Crippen LogP contribution is 2.00. The van der Waals surface area contributed by atoms with Gasteiger partial charge in [-0.05, 0) is 30.2 Å². The lowest BCUT2D eigenvalue weighted by atomic mass is 10.4. The highest BCUT2D eigenvalue weighted by atomic mass is 28.3. The minimum absolute atomic E-state index is 0. The van der Waals surface area contributed by atoms with Crippen LogP contribution in [0, 0.1) is 0 Å². The first-order valence-corrected chi connectivity index (χ1v) is 8.11. The molecule has 0 rings (SSSR count). The fraction of sp³-hybridized carbons (Fsp3) is 1.00. The van der Waals surface area contributed by atoms with Gasteiger partial charge in [0.2, 0.25) is 0 Å². The molecule has 0 aliphatic rings. The van der Waals surface area contributed by atoms with E-state index in [0.29, 0.717) is 0 Å². The van der Waals surface area contributed by atoms with Crippen LogP contribution in [0.4, 0.5) is 0 Å². The summed E-state index contributed by atoms with van der Waals surface area (Å²) < 4.78 is 17.0. The average molecular weight is 281 g/mol. The molecule has 17 heavy (non-hydrogen) atoms. The lowest BCUT2D eigenvalue weighted by Crippen LogP contribution is -2.28. The summed E-state index contributed by atoms with van der Waals surface area (Å²) in [6.45, 7) is 8.84. The summed E-state index contributed by atoms with van der Waals surface area (Å²) in [5, 5.41) is 0. The van der Waals surface area contributed by atoms with Gasteiger partial charge < -0.3 is 13.3 Å². The van der Waals surface area contributed by atoms with Crippen molar-refractivity contribution in [1.29, 1.82) is 0 Å². The summed E-state index contributed by atoms with van der Waals surface area (Å²) in [7, 11) is -1.83. The van der Waals surface area contributed by atoms with Gasteiger partial charge in [0.1, 0.15) is 0 Å². The Morgan fingerprint density at radius 1 is 0.647 bits per heavy atom. The molecule has 0 aromatic rings. The molecule has 0 fully saturated rings. The smallest absolute Gasteiger partial charge is 0.376 e. The predicted molar refractivity (Wildman–Crippen MR) is 81.1 cm³/mol. The molecule has 0 unspecified atom stereocenters. The monoisotopic (exact) mass is 280 g/mol. The fourth-order valence-corrected chi connectivity index (χ4v) is 2.48. The third-order valence-corrected chi connectivity index (χ3v) is 3.78. The van der Waals surface area contributed by atoms with Gasteiger partial charge in [-0.2, -0.15) is 0 Å². The van der Waals surface area contributed by atoms with Crippen LogP contribution < -0.4 is 0 Å². The molecule has 0 heterocycles. The Balaban J connectivity index is 0. The van der Waals surface area contributed by atoms with E-state index in [1.165, 1.54) is 0 Å². The molecule has 0 aliphatic heterocycles. The summed E-state index contributed by atoms with van der Waals surface area (Å²) in [6, 6.07) is 0. The van der Waals surface area contributed by atoms with Gasteiger partial charge in [0.25, 0.3) is 0 Å². The van der Waals surface area contributed by atoms with Crippen LogP contribution >= 0.6 is 0 Å². The van der Waals surface area contributed by atoms with E-state index in [1.54, 1.807) is 0 Å². The number of rotatable bonds is 12. The molecule has 0 saturated carbocycles. The molecular weight excluding hydrogens is 248 g/mol. The van der Waals surface area contributed by atoms with Gasteiger partial charge in [0.05, 0.1) is 0 Å². The quantitative estimate of drug-likeness (QED) is 0.402. The van der Waals surface area contributed by atoms with Crippen LogP contribution in [-0.4, -0.2) is 40.3 Å². The summed E-state index contributed by atoms with van der Waals surface area (Å²) in [4.78, 5) is 0. The topological polar surface area (TPSA) is 27.7 Å². The first-order valence-electron chi connectivity index (χ1n) is 6.69. The molecule has 5 heteroatoms. The molecule has 0 spiro atoms. The van der Waals surface area contributed by atoms with Gasteiger partial charge in [-0.3, -0.25) is 0 Å². The zero-order valence-corrected chi connectivity index (χ0v) is 12.3. The molecule has 0 aliphatic carbocycles. The van der Waals surface area contributed by atoms with Gasteiger partial charge in [-0.15, -0.1) is 0 Å². The second-order valence-electron chi connectivity index (χ2n) is 3.96. The van der Waals surface area contributed by atoms with E-state index in [1.807, 2.05) is 0 Å². The Morgan fingerprint density at radius 2 is 0.941 bits per heavy atom. The summed E-state index contributed by atoms with van der Waals surface area (Å²) >= 11 is 0. The van der Waals surface area contributed by atoms with Crippen LogP contribution in [0.1, 0.15) is 59.3 Å². The van der Waals surface area contributed by atoms with Crippen LogP contribution in [-0.2, 0) is 13.3 Å². The van der Waals surface area contributed by atoms with E-state index in [4.69, 9.17) is 13.3 Å². The first kappa shape index (κ1) is 19.6. The molecule has 106 valence electrons. The van der Waals surface area contributed by atoms with E-state index in [2.05, 4.69) is 20.8 Å². The summed E-state index contributed by atoms with van der Waals surface area (Å²) in [6.07, 6.45) is 6.76. The predicted octanol–water partition coefficient (Wildman–Crippen LogP) is 1.70. The lowest BCUT2D eigenvalue weighted by molar-refractivity contribution is 0.0899. The standard InChI is InChI=1S/C12H28O3Si.H4Si/c1-4-7-10-13-16(14-11-8-5-2)15-12-9-6-3;/h16H,4-12H2,1-3H3;1H4. The second-order valence-corrected chi connectivity index (χ2v) is 5.54. The van der Waals surface area contributed by atoms with Gasteiger partial charge in [-0.25, -0.2) is 0 Å². The Labute approximate surface area is 113 Å². The highest BCUT2D eigenvalue weighted by Gasteiger charge is 2.14. The van der Waals surface area contributed by atoms with Crippen molar-refractivity contribution in [2.24, 2.45) is 0 Å². The van der Waals surface area contributed by atoms with Gasteiger partial charge in [-0.1, -0.05) is 40.0 Å². The van der Waals surface area contributed by atoms with Gasteiger partial charge in [0.15, 0.2) is 0 Å². The normalized spacial score (nSPS) is 10.6. The maximum absolute atomic E-state index is 5.67. The van der Waals surface area contributed by atoms with E-state index in [9.17, 15) is 0 Å². The number of hydrogen-bond donors (Lipinski definition) is 0. The van der Waals surface area contributed by atoms with Crippen LogP contribution in [0.2, 0.25) is 0 Å². The molecule has 3 nitrogen and oxygen atoms in total. The van der Waals surface area contributed by atoms with E-state index < -0.39 is 9.53 Å². The van der Waals surface area contributed by atoms with E-state index in [-0.39, 0.29) is 11.0 Å². The average Bonchev–Trinajstić information content (AvgIpc) is 2.29. The van der Waals surface area contributed by atoms with Crippen LogP contribution in [0.15, 0.2) is 0 Å². The maximum atomic E-state index is 5.67. The fourth-order valence-electron chi connectivity index (χ4n) is 1.12. The molecule has 0 aromatic heterocycles. The van der Waals surface area contributed by atoms with Gasteiger partial charge in [0, 0.05) is 19.8 Å². The molecule has 0 saturated heterocycles. The van der Waals surface area contributed by atoms with Crippen molar-refractivity contribution in [3.8, 4) is 0 Å². The van der Waals surface area contributed by atoms with Crippen LogP contribution in [0.25, 0.3) is 0 Å². The molecule has 0 bridgehead atoms. The van der Waals surface area contributed by atoms with Crippen LogP contribution in [0.3, 0.4) is 0 Å². The third kappa shape index (κ3) is 14.3. The second kappa shape index (κ2) is 16.3. The van der Waals surface area contributed by atoms with E-state index >= 15 is 0 Å².